The highest BCUT2D eigenvalue weighted by atomic mass is 16.1. The second kappa shape index (κ2) is 2.60. The Bertz CT molecular complexity index is 271. The summed E-state index contributed by atoms with van der Waals surface area (Å²) in [5, 5.41) is 0. The van der Waals surface area contributed by atoms with E-state index in [1.165, 1.54) is 0 Å². The van der Waals surface area contributed by atoms with Gasteiger partial charge in [0.15, 0.2) is 0 Å². The third-order valence-corrected chi connectivity index (χ3v) is 2.16. The molecule has 0 saturated carbocycles. The van der Waals surface area contributed by atoms with Crippen molar-refractivity contribution in [2.75, 3.05) is 0 Å². The van der Waals surface area contributed by atoms with E-state index in [0.29, 0.717) is 0 Å². The van der Waals surface area contributed by atoms with Crippen LogP contribution < -0.4 is 16.6 Å². The molecule has 4 N–H and O–H groups in total. The van der Waals surface area contributed by atoms with Crippen LogP contribution in [-0.4, -0.2) is 18.2 Å². The molecule has 2 atom stereocenters. The minimum absolute atomic E-state index is 0.139. The van der Waals surface area contributed by atoms with Crippen molar-refractivity contribution in [2.45, 2.75) is 12.5 Å². The van der Waals surface area contributed by atoms with Crippen LogP contribution in [0.4, 0.5) is 0 Å². The molecule has 12 heavy (non-hydrogen) atoms. The van der Waals surface area contributed by atoms with Crippen LogP contribution in [-0.2, 0) is 4.79 Å². The number of nitrogens with one attached hydrogen (secondary N) is 2. The summed E-state index contributed by atoms with van der Waals surface area (Å²) in [5.74, 6) is -0.189. The van der Waals surface area contributed by atoms with Crippen LogP contribution in [0, 0.1) is 5.92 Å². The van der Waals surface area contributed by atoms with E-state index < -0.39 is 0 Å². The molecule has 1 fully saturated rings. The Hall–Kier alpha value is -1.36. The smallest absolute Gasteiger partial charge is 0.237 e. The third kappa shape index (κ3) is 0.984. The Labute approximate surface area is 69.7 Å². The fraction of sp³-hybridized carbons (Fsp3) is 0.429. The average molecular weight is 166 g/mol. The molecule has 0 aromatic rings. The van der Waals surface area contributed by atoms with Gasteiger partial charge >= 0.3 is 0 Å². The maximum absolute atomic E-state index is 10.9. The van der Waals surface area contributed by atoms with Gasteiger partial charge in [0.25, 0.3) is 0 Å². The van der Waals surface area contributed by atoms with Crippen LogP contribution in [0.25, 0.3) is 0 Å². The first-order chi connectivity index (χ1) is 5.79. The summed E-state index contributed by atoms with van der Waals surface area (Å²) in [6.45, 7) is 0. The highest BCUT2D eigenvalue weighted by Crippen LogP contribution is 2.23. The number of aliphatic imine (C=N–C) groups is 1. The molecule has 2 rings (SSSR count). The number of carbonyl (C=O) groups excluding carboxylic acids is 1. The van der Waals surface area contributed by atoms with Crippen LogP contribution >= 0.6 is 0 Å². The molecule has 2 unspecified atom stereocenters. The van der Waals surface area contributed by atoms with Crippen LogP contribution in [0.3, 0.4) is 0 Å². The number of nitrogens with two attached hydrogens (primary N) is 1. The van der Waals surface area contributed by atoms with Crippen molar-refractivity contribution >= 4 is 12.1 Å². The molecule has 0 radical (unpaired) electrons. The molecule has 0 spiro atoms. The van der Waals surface area contributed by atoms with E-state index in [1.807, 2.05) is 0 Å². The zero-order valence-electron chi connectivity index (χ0n) is 6.45. The topological polar surface area (TPSA) is 79.5 Å². The number of rotatable bonds is 1. The molecule has 1 amide bonds. The summed E-state index contributed by atoms with van der Waals surface area (Å²) in [7, 11) is 0. The van der Waals surface area contributed by atoms with Crippen molar-refractivity contribution in [1.82, 2.24) is 10.9 Å². The van der Waals surface area contributed by atoms with E-state index in [9.17, 15) is 4.79 Å². The second-order valence-corrected chi connectivity index (χ2v) is 2.91. The number of hydrogen-bond donors (Lipinski definition) is 3. The first-order valence-electron chi connectivity index (χ1n) is 3.81. The number of primary amides is 1. The predicted molar refractivity (Wildman–Crippen MR) is 43.9 cm³/mol. The maximum atomic E-state index is 10.9. The van der Waals surface area contributed by atoms with Gasteiger partial charge in [0.05, 0.1) is 5.70 Å². The molecule has 0 aromatic heterocycles. The van der Waals surface area contributed by atoms with Crippen molar-refractivity contribution in [1.29, 1.82) is 0 Å². The van der Waals surface area contributed by atoms with Gasteiger partial charge in [0, 0.05) is 18.3 Å². The first kappa shape index (κ1) is 7.30. The quantitative estimate of drug-likeness (QED) is 0.461. The second-order valence-electron chi connectivity index (χ2n) is 2.91. The number of fused-ring (bicyclic) bond motifs is 1. The molecule has 0 bridgehead atoms. The molecule has 5 heteroatoms. The summed E-state index contributed by atoms with van der Waals surface area (Å²) in [4.78, 5) is 14.9. The van der Waals surface area contributed by atoms with E-state index in [0.717, 1.165) is 12.1 Å². The lowest BCUT2D eigenvalue weighted by atomic mass is 9.94. The van der Waals surface area contributed by atoms with Crippen LogP contribution in [0.15, 0.2) is 16.9 Å². The van der Waals surface area contributed by atoms with Crippen molar-refractivity contribution in [3.8, 4) is 0 Å². The summed E-state index contributed by atoms with van der Waals surface area (Å²) in [6.07, 6.45) is 4.27. The van der Waals surface area contributed by atoms with Gasteiger partial charge < -0.3 is 11.2 Å². The maximum Gasteiger partial charge on any atom is 0.237 e. The molecular formula is C7H10N4O. The standard InChI is InChI=1S/C7H10N4O/c8-7(12)6-4-1-2-9-3-5(4)10-11-6/h2-4,6,10-11H,1H2,(H2,8,12). The van der Waals surface area contributed by atoms with E-state index in [2.05, 4.69) is 15.8 Å². The lowest BCUT2D eigenvalue weighted by molar-refractivity contribution is -0.120. The van der Waals surface area contributed by atoms with Gasteiger partial charge in [-0.3, -0.25) is 9.79 Å². The van der Waals surface area contributed by atoms with Crippen LogP contribution in [0.5, 0.6) is 0 Å². The predicted octanol–water partition coefficient (Wildman–Crippen LogP) is -1.12. The number of hydrazine groups is 1. The summed E-state index contributed by atoms with van der Waals surface area (Å²) >= 11 is 0. The van der Waals surface area contributed by atoms with Gasteiger partial charge in [-0.25, -0.2) is 5.43 Å². The Kier molecular flexibility index (Phi) is 1.58. The van der Waals surface area contributed by atoms with Crippen molar-refractivity contribution in [3.63, 3.8) is 0 Å². The van der Waals surface area contributed by atoms with Crippen molar-refractivity contribution in [3.05, 3.63) is 11.9 Å². The Balaban J connectivity index is 2.20. The molecule has 0 aromatic carbocycles. The molecule has 2 aliphatic rings. The van der Waals surface area contributed by atoms with E-state index >= 15 is 0 Å². The number of carbonyl (C=O) groups is 1. The van der Waals surface area contributed by atoms with Gasteiger partial charge in [-0.05, 0) is 6.42 Å². The molecule has 0 aliphatic carbocycles. The number of hydrogen-bond acceptors (Lipinski definition) is 4. The summed E-state index contributed by atoms with van der Waals surface area (Å²) in [5.41, 5.74) is 11.8. The molecule has 1 saturated heterocycles. The third-order valence-electron chi connectivity index (χ3n) is 2.16. The van der Waals surface area contributed by atoms with E-state index in [4.69, 9.17) is 5.73 Å². The van der Waals surface area contributed by atoms with E-state index in [-0.39, 0.29) is 17.9 Å². The van der Waals surface area contributed by atoms with Crippen molar-refractivity contribution < 1.29 is 4.79 Å². The Morgan fingerprint density at radius 2 is 2.58 bits per heavy atom. The lowest BCUT2D eigenvalue weighted by Crippen LogP contribution is -2.42. The summed E-state index contributed by atoms with van der Waals surface area (Å²) < 4.78 is 0. The summed E-state index contributed by atoms with van der Waals surface area (Å²) in [6, 6.07) is -0.303. The first-order valence-corrected chi connectivity index (χ1v) is 3.81. The zero-order chi connectivity index (χ0) is 8.55. The van der Waals surface area contributed by atoms with Crippen LogP contribution in [0.2, 0.25) is 0 Å². The van der Waals surface area contributed by atoms with Gasteiger partial charge in [-0.15, -0.1) is 0 Å². The molecule has 5 nitrogen and oxygen atoms in total. The molecule has 2 aliphatic heterocycles. The van der Waals surface area contributed by atoms with Gasteiger partial charge in [0.2, 0.25) is 5.91 Å². The zero-order valence-corrected chi connectivity index (χ0v) is 6.45. The van der Waals surface area contributed by atoms with Crippen molar-refractivity contribution in [2.24, 2.45) is 16.6 Å². The fourth-order valence-corrected chi connectivity index (χ4v) is 1.50. The molecule has 2 heterocycles. The Morgan fingerprint density at radius 1 is 1.75 bits per heavy atom. The molecular weight excluding hydrogens is 156 g/mol. The highest BCUT2D eigenvalue weighted by molar-refractivity contribution is 5.82. The molecule has 64 valence electrons. The van der Waals surface area contributed by atoms with E-state index in [1.54, 1.807) is 12.4 Å². The number of nitrogens with zero attached hydrogens (tertiary/aromatic N) is 1. The number of amides is 1. The minimum Gasteiger partial charge on any atom is -0.368 e. The monoisotopic (exact) mass is 166 g/mol. The minimum atomic E-state index is -0.328. The normalized spacial score (nSPS) is 32.2. The van der Waals surface area contributed by atoms with Gasteiger partial charge in [-0.1, -0.05) is 0 Å². The largest absolute Gasteiger partial charge is 0.368 e. The Morgan fingerprint density at radius 3 is 3.33 bits per heavy atom. The fourth-order valence-electron chi connectivity index (χ4n) is 1.50. The highest BCUT2D eigenvalue weighted by Gasteiger charge is 2.35. The SMILES string of the molecule is NC(=O)C1NNC2=CN=CCC21. The lowest BCUT2D eigenvalue weighted by Gasteiger charge is -2.14. The van der Waals surface area contributed by atoms with Gasteiger partial charge in [-0.2, -0.15) is 0 Å². The van der Waals surface area contributed by atoms with Crippen LogP contribution in [0.1, 0.15) is 6.42 Å². The average Bonchev–Trinajstić information content (AvgIpc) is 2.47. The van der Waals surface area contributed by atoms with Gasteiger partial charge in [0.1, 0.15) is 6.04 Å².